The summed E-state index contributed by atoms with van der Waals surface area (Å²) in [6.45, 7) is 1.87. The molecule has 26 heavy (non-hydrogen) atoms. The van der Waals surface area contributed by atoms with Gasteiger partial charge in [-0.1, -0.05) is 41.4 Å². The zero-order valence-corrected chi connectivity index (χ0v) is 15.9. The summed E-state index contributed by atoms with van der Waals surface area (Å²) < 4.78 is 27.4. The van der Waals surface area contributed by atoms with Gasteiger partial charge in [-0.3, -0.25) is 4.72 Å². The van der Waals surface area contributed by atoms with E-state index in [0.717, 1.165) is 5.56 Å². The summed E-state index contributed by atoms with van der Waals surface area (Å²) in [7, 11) is -3.95. The van der Waals surface area contributed by atoms with Crippen molar-refractivity contribution >= 4 is 44.9 Å². The van der Waals surface area contributed by atoms with Crippen LogP contribution in [0.15, 0.2) is 53.6 Å². The van der Waals surface area contributed by atoms with Crippen LogP contribution in [0.2, 0.25) is 10.0 Å². The van der Waals surface area contributed by atoms with Crippen molar-refractivity contribution < 1.29 is 8.42 Å². The summed E-state index contributed by atoms with van der Waals surface area (Å²) in [4.78, 5) is 8.15. The average Bonchev–Trinajstić information content (AvgIpc) is 2.57. The Labute approximate surface area is 161 Å². The lowest BCUT2D eigenvalue weighted by atomic mass is 10.1. The summed E-state index contributed by atoms with van der Waals surface area (Å²) in [5.41, 5.74) is 7.44. The fraction of sp³-hybridized carbons (Fsp3) is 0.0588. The molecule has 1 aromatic carbocycles. The van der Waals surface area contributed by atoms with Gasteiger partial charge in [-0.25, -0.2) is 9.97 Å². The number of nitrogens with two attached hydrogens (primary N) is 1. The van der Waals surface area contributed by atoms with Gasteiger partial charge >= 0.3 is 0 Å². The van der Waals surface area contributed by atoms with Crippen molar-refractivity contribution in [2.75, 3.05) is 10.5 Å². The molecule has 0 saturated heterocycles. The van der Waals surface area contributed by atoms with Gasteiger partial charge in [-0.2, -0.15) is 8.42 Å². The van der Waals surface area contributed by atoms with Crippen LogP contribution in [0.3, 0.4) is 0 Å². The summed E-state index contributed by atoms with van der Waals surface area (Å²) in [6, 6.07) is 12.8. The lowest BCUT2D eigenvalue weighted by molar-refractivity contribution is 0.597. The Hall–Kier alpha value is -2.35. The van der Waals surface area contributed by atoms with Gasteiger partial charge in [0.15, 0.2) is 5.03 Å². The van der Waals surface area contributed by atoms with Gasteiger partial charge in [0, 0.05) is 5.56 Å². The van der Waals surface area contributed by atoms with Crippen molar-refractivity contribution in [3.63, 3.8) is 0 Å². The molecule has 0 aliphatic carbocycles. The topological polar surface area (TPSA) is 98.0 Å². The second-order valence-electron chi connectivity index (χ2n) is 5.46. The monoisotopic (exact) mass is 408 g/mol. The van der Waals surface area contributed by atoms with Crippen molar-refractivity contribution in [2.45, 2.75) is 11.9 Å². The number of nitrogen functional groups attached to an aromatic ring is 1. The van der Waals surface area contributed by atoms with E-state index in [2.05, 4.69) is 14.7 Å². The molecule has 6 nitrogen and oxygen atoms in total. The molecule has 0 spiro atoms. The molecule has 2 heterocycles. The molecular formula is C17H14Cl2N4O2S. The van der Waals surface area contributed by atoms with E-state index >= 15 is 0 Å². The number of halogens is 2. The van der Waals surface area contributed by atoms with Gasteiger partial charge in [0.2, 0.25) is 0 Å². The number of pyridine rings is 2. The lowest BCUT2D eigenvalue weighted by Gasteiger charge is -2.12. The second kappa shape index (κ2) is 7.11. The SMILES string of the molecule is Cc1cccc(Cl)c1-c1nc(NS(=O)(=O)c2cccc(N)n2)ccc1Cl. The summed E-state index contributed by atoms with van der Waals surface area (Å²) in [5, 5.41) is 0.618. The second-order valence-corrected chi connectivity index (χ2v) is 7.91. The number of rotatable bonds is 4. The van der Waals surface area contributed by atoms with Crippen LogP contribution < -0.4 is 10.5 Å². The standard InChI is InChI=1S/C17H14Cl2N4O2S/c1-10-4-2-5-11(18)16(10)17-12(19)8-9-14(22-17)23-26(24,25)15-7-3-6-13(20)21-15/h2-9H,1H3,(H2,20,21)(H,22,23). The largest absolute Gasteiger partial charge is 0.384 e. The molecule has 3 N–H and O–H groups in total. The van der Waals surface area contributed by atoms with Crippen molar-refractivity contribution in [3.8, 4) is 11.3 Å². The quantitative estimate of drug-likeness (QED) is 0.675. The molecule has 9 heteroatoms. The van der Waals surface area contributed by atoms with E-state index in [0.29, 0.717) is 21.3 Å². The fourth-order valence-electron chi connectivity index (χ4n) is 2.38. The van der Waals surface area contributed by atoms with Crippen LogP contribution in [0.25, 0.3) is 11.3 Å². The molecule has 0 amide bonds. The third kappa shape index (κ3) is 3.75. The third-order valence-electron chi connectivity index (χ3n) is 3.56. The number of sulfonamides is 1. The molecule has 2 aromatic heterocycles. The Morgan fingerprint density at radius 3 is 2.38 bits per heavy atom. The van der Waals surface area contributed by atoms with Crippen LogP contribution in [0.4, 0.5) is 11.6 Å². The predicted octanol–water partition coefficient (Wildman–Crippen LogP) is 4.14. The van der Waals surface area contributed by atoms with Gasteiger partial charge in [-0.05, 0) is 42.8 Å². The highest BCUT2D eigenvalue weighted by molar-refractivity contribution is 7.92. The molecule has 0 aliphatic rings. The van der Waals surface area contributed by atoms with E-state index in [9.17, 15) is 8.42 Å². The zero-order valence-electron chi connectivity index (χ0n) is 13.6. The normalized spacial score (nSPS) is 11.3. The zero-order chi connectivity index (χ0) is 18.9. The Kier molecular flexibility index (Phi) is 5.04. The van der Waals surface area contributed by atoms with Gasteiger partial charge in [-0.15, -0.1) is 0 Å². The van der Waals surface area contributed by atoms with Gasteiger partial charge in [0.25, 0.3) is 10.0 Å². The summed E-state index contributed by atoms with van der Waals surface area (Å²) >= 11 is 12.5. The number of hydrogen-bond acceptors (Lipinski definition) is 5. The first kappa shape index (κ1) is 18.4. The van der Waals surface area contributed by atoms with Crippen LogP contribution in [0, 0.1) is 6.92 Å². The minimum Gasteiger partial charge on any atom is -0.384 e. The highest BCUT2D eigenvalue weighted by atomic mass is 35.5. The number of aromatic nitrogens is 2. The van der Waals surface area contributed by atoms with Crippen LogP contribution in [-0.2, 0) is 10.0 Å². The van der Waals surface area contributed by atoms with E-state index in [1.807, 2.05) is 19.1 Å². The Balaban J connectivity index is 2.03. The summed E-state index contributed by atoms with van der Waals surface area (Å²) in [5.74, 6) is 0.192. The Morgan fingerprint density at radius 1 is 0.962 bits per heavy atom. The number of anilines is 2. The summed E-state index contributed by atoms with van der Waals surface area (Å²) in [6.07, 6.45) is 0. The lowest BCUT2D eigenvalue weighted by Crippen LogP contribution is -2.16. The minimum atomic E-state index is -3.95. The molecule has 0 atom stereocenters. The van der Waals surface area contributed by atoms with Gasteiger partial charge < -0.3 is 5.73 Å². The molecule has 0 saturated carbocycles. The molecule has 0 radical (unpaired) electrons. The van der Waals surface area contributed by atoms with Crippen molar-refractivity contribution in [2.24, 2.45) is 0 Å². The average molecular weight is 409 g/mol. The molecule has 0 fully saturated rings. The number of nitrogens with zero attached hydrogens (tertiary/aromatic N) is 2. The highest BCUT2D eigenvalue weighted by Crippen LogP contribution is 2.35. The number of aryl methyl sites for hydroxylation is 1. The molecule has 0 aliphatic heterocycles. The number of hydrogen-bond donors (Lipinski definition) is 2. The van der Waals surface area contributed by atoms with E-state index in [4.69, 9.17) is 28.9 Å². The third-order valence-corrected chi connectivity index (χ3v) is 5.44. The Morgan fingerprint density at radius 2 is 1.69 bits per heavy atom. The molecule has 3 rings (SSSR count). The smallest absolute Gasteiger partial charge is 0.280 e. The number of nitrogens with one attached hydrogen (secondary N) is 1. The molecular weight excluding hydrogens is 395 g/mol. The first-order valence-corrected chi connectivity index (χ1v) is 9.69. The number of benzene rings is 1. The first-order chi connectivity index (χ1) is 12.3. The van der Waals surface area contributed by atoms with E-state index in [1.165, 1.54) is 24.3 Å². The molecule has 0 bridgehead atoms. The maximum absolute atomic E-state index is 12.5. The van der Waals surface area contributed by atoms with E-state index < -0.39 is 10.0 Å². The van der Waals surface area contributed by atoms with Crippen molar-refractivity contribution in [1.29, 1.82) is 0 Å². The molecule has 3 aromatic rings. The van der Waals surface area contributed by atoms with Crippen LogP contribution in [0.1, 0.15) is 5.56 Å². The highest BCUT2D eigenvalue weighted by Gasteiger charge is 2.19. The van der Waals surface area contributed by atoms with Gasteiger partial charge in [0.05, 0.1) is 15.7 Å². The van der Waals surface area contributed by atoms with Crippen LogP contribution in [-0.4, -0.2) is 18.4 Å². The maximum Gasteiger partial charge on any atom is 0.280 e. The predicted molar refractivity (Wildman–Crippen MR) is 104 cm³/mol. The Bertz CT molecular complexity index is 1070. The first-order valence-electron chi connectivity index (χ1n) is 7.45. The fourth-order valence-corrected chi connectivity index (χ4v) is 3.86. The minimum absolute atomic E-state index is 0.0907. The maximum atomic E-state index is 12.5. The van der Waals surface area contributed by atoms with Gasteiger partial charge in [0.1, 0.15) is 11.6 Å². The van der Waals surface area contributed by atoms with E-state index in [1.54, 1.807) is 12.1 Å². The van der Waals surface area contributed by atoms with Crippen molar-refractivity contribution in [3.05, 3.63) is 64.1 Å². The molecule has 134 valence electrons. The van der Waals surface area contributed by atoms with Crippen molar-refractivity contribution in [1.82, 2.24) is 9.97 Å². The molecule has 0 unspecified atom stereocenters. The van der Waals surface area contributed by atoms with Crippen LogP contribution >= 0.6 is 23.2 Å². The van der Waals surface area contributed by atoms with Crippen LogP contribution in [0.5, 0.6) is 0 Å². The van der Waals surface area contributed by atoms with E-state index in [-0.39, 0.29) is 16.7 Å².